The van der Waals surface area contributed by atoms with Crippen molar-refractivity contribution in [2.75, 3.05) is 7.11 Å². The Labute approximate surface area is 75.4 Å². The third-order valence-corrected chi connectivity index (χ3v) is 1.73. The summed E-state index contributed by atoms with van der Waals surface area (Å²) in [6, 6.07) is 2.49. The first-order chi connectivity index (χ1) is 6.06. The molecule has 1 rings (SSSR count). The standard InChI is InChI=1S/C9H10O4/c1-5-3-6(9(11)12)8(13-2)4-7(5)10/h3-4,10H,1-2H3,(H,11,12)/p-1. The smallest absolute Gasteiger partial charge is 0.339 e. The molecule has 1 aromatic rings. The molecule has 0 spiro atoms. The molecule has 0 atom stereocenters. The van der Waals surface area contributed by atoms with Crippen molar-refractivity contribution in [1.29, 1.82) is 0 Å². The van der Waals surface area contributed by atoms with Gasteiger partial charge in [-0.05, 0) is 19.1 Å². The summed E-state index contributed by atoms with van der Waals surface area (Å²) in [4.78, 5) is 10.7. The minimum Gasteiger partial charge on any atom is -0.872 e. The average molecular weight is 181 g/mol. The van der Waals surface area contributed by atoms with Crippen LogP contribution in [0.2, 0.25) is 0 Å². The van der Waals surface area contributed by atoms with E-state index in [4.69, 9.17) is 9.84 Å². The number of aryl methyl sites for hydroxylation is 1. The van der Waals surface area contributed by atoms with Gasteiger partial charge in [0, 0.05) is 0 Å². The molecule has 0 saturated heterocycles. The Kier molecular flexibility index (Phi) is 2.41. The number of aromatic carboxylic acids is 1. The molecule has 0 radical (unpaired) electrons. The highest BCUT2D eigenvalue weighted by Gasteiger charge is 2.10. The molecule has 13 heavy (non-hydrogen) atoms. The van der Waals surface area contributed by atoms with E-state index in [1.807, 2.05) is 0 Å². The first-order valence-electron chi connectivity index (χ1n) is 3.65. The lowest BCUT2D eigenvalue weighted by atomic mass is 10.1. The van der Waals surface area contributed by atoms with Crippen LogP contribution < -0.4 is 9.84 Å². The normalized spacial score (nSPS) is 9.69. The van der Waals surface area contributed by atoms with E-state index in [1.165, 1.54) is 19.2 Å². The lowest BCUT2D eigenvalue weighted by molar-refractivity contribution is -0.269. The van der Waals surface area contributed by atoms with Gasteiger partial charge in [-0.15, -0.1) is 5.75 Å². The van der Waals surface area contributed by atoms with Gasteiger partial charge in [0.1, 0.15) is 11.3 Å². The molecule has 70 valence electrons. The van der Waals surface area contributed by atoms with Gasteiger partial charge < -0.3 is 14.9 Å². The van der Waals surface area contributed by atoms with E-state index in [0.717, 1.165) is 0 Å². The molecule has 0 aliphatic carbocycles. The van der Waals surface area contributed by atoms with Gasteiger partial charge in [-0.25, -0.2) is 4.79 Å². The van der Waals surface area contributed by atoms with Crippen LogP contribution in [0.15, 0.2) is 12.1 Å². The summed E-state index contributed by atoms with van der Waals surface area (Å²) in [6.07, 6.45) is 0. The number of benzene rings is 1. The number of hydrogen-bond acceptors (Lipinski definition) is 3. The lowest BCUT2D eigenvalue weighted by Gasteiger charge is -2.13. The summed E-state index contributed by atoms with van der Waals surface area (Å²) in [5.74, 6) is -1.22. The second-order valence-electron chi connectivity index (χ2n) is 2.62. The number of carboxylic acid groups (broad SMARTS) is 1. The van der Waals surface area contributed by atoms with E-state index >= 15 is 0 Å². The summed E-state index contributed by atoms with van der Waals surface area (Å²) < 4.78 is 4.76. The summed E-state index contributed by atoms with van der Waals surface area (Å²) >= 11 is 0. The highest BCUT2D eigenvalue weighted by atomic mass is 16.5. The molecule has 0 aliphatic rings. The van der Waals surface area contributed by atoms with E-state index in [9.17, 15) is 9.90 Å². The maximum atomic E-state index is 11.1. The van der Waals surface area contributed by atoms with Gasteiger partial charge in [0.15, 0.2) is 0 Å². The van der Waals surface area contributed by atoms with Crippen molar-refractivity contribution in [1.82, 2.24) is 0 Å². The van der Waals surface area contributed by atoms with Crippen molar-refractivity contribution >= 4 is 5.97 Å². The Morgan fingerprint density at radius 1 is 1.54 bits per heavy atom. The molecule has 0 fully saturated rings. The molecule has 1 N–H and O–H groups in total. The average Bonchev–Trinajstić information content (AvgIpc) is 2.08. The Morgan fingerprint density at radius 2 is 2.15 bits per heavy atom. The van der Waals surface area contributed by atoms with Crippen LogP contribution in [-0.4, -0.2) is 18.2 Å². The zero-order valence-electron chi connectivity index (χ0n) is 7.33. The Bertz CT molecular complexity index is 344. The fraction of sp³-hybridized carbons (Fsp3) is 0.222. The van der Waals surface area contributed by atoms with Gasteiger partial charge in [-0.1, -0.05) is 5.56 Å². The second-order valence-corrected chi connectivity index (χ2v) is 2.62. The van der Waals surface area contributed by atoms with Crippen molar-refractivity contribution in [3.63, 3.8) is 0 Å². The third-order valence-electron chi connectivity index (χ3n) is 1.73. The number of carbonyl (C=O) groups is 1. The Hall–Kier alpha value is -1.71. The van der Waals surface area contributed by atoms with E-state index < -0.39 is 5.97 Å². The van der Waals surface area contributed by atoms with Gasteiger partial charge in [-0.3, -0.25) is 0 Å². The largest absolute Gasteiger partial charge is 0.872 e. The number of ether oxygens (including phenoxy) is 1. The molecule has 1 aromatic carbocycles. The maximum Gasteiger partial charge on any atom is 0.339 e. The van der Waals surface area contributed by atoms with Gasteiger partial charge in [0.2, 0.25) is 0 Å². The van der Waals surface area contributed by atoms with Crippen LogP contribution in [0.3, 0.4) is 0 Å². The first-order valence-corrected chi connectivity index (χ1v) is 3.65. The maximum absolute atomic E-state index is 11.1. The molecule has 4 heteroatoms. The summed E-state index contributed by atoms with van der Waals surface area (Å²) in [7, 11) is 1.33. The van der Waals surface area contributed by atoms with E-state index in [2.05, 4.69) is 0 Å². The van der Waals surface area contributed by atoms with E-state index in [-0.39, 0.29) is 17.1 Å². The molecule has 0 heterocycles. The number of rotatable bonds is 2. The highest BCUT2D eigenvalue weighted by molar-refractivity contribution is 5.91. The first kappa shape index (κ1) is 9.38. The van der Waals surface area contributed by atoms with Crippen LogP contribution in [0.1, 0.15) is 15.9 Å². The highest BCUT2D eigenvalue weighted by Crippen LogP contribution is 2.25. The number of hydrogen-bond donors (Lipinski definition) is 1. The van der Waals surface area contributed by atoms with Gasteiger partial charge in [0.05, 0.1) is 7.11 Å². The fourth-order valence-corrected chi connectivity index (χ4v) is 1.01. The number of carboxylic acids is 1. The SMILES string of the molecule is COc1cc([O-])c(C)cc1C(=O)O. The lowest BCUT2D eigenvalue weighted by Crippen LogP contribution is -2.03. The quantitative estimate of drug-likeness (QED) is 0.731. The molecule has 0 aliphatic heterocycles. The van der Waals surface area contributed by atoms with Gasteiger partial charge >= 0.3 is 5.97 Å². The van der Waals surface area contributed by atoms with Crippen molar-refractivity contribution < 1.29 is 19.7 Å². The van der Waals surface area contributed by atoms with Crippen molar-refractivity contribution in [3.8, 4) is 11.5 Å². The monoisotopic (exact) mass is 181 g/mol. The number of methoxy groups -OCH3 is 1. The zero-order valence-corrected chi connectivity index (χ0v) is 7.33. The van der Waals surface area contributed by atoms with Crippen LogP contribution in [0.4, 0.5) is 0 Å². The van der Waals surface area contributed by atoms with Crippen LogP contribution in [0.25, 0.3) is 0 Å². The third kappa shape index (κ3) is 1.72. The Morgan fingerprint density at radius 3 is 2.62 bits per heavy atom. The summed E-state index contributed by atoms with van der Waals surface area (Å²) in [6.45, 7) is 1.56. The van der Waals surface area contributed by atoms with E-state index in [0.29, 0.717) is 5.56 Å². The van der Waals surface area contributed by atoms with Crippen molar-refractivity contribution in [3.05, 3.63) is 23.3 Å². The minimum absolute atomic E-state index is 0.0135. The second kappa shape index (κ2) is 3.35. The molecule has 0 bridgehead atoms. The van der Waals surface area contributed by atoms with E-state index in [1.54, 1.807) is 6.92 Å². The Balaban J connectivity index is 3.33. The van der Waals surface area contributed by atoms with Crippen LogP contribution in [-0.2, 0) is 0 Å². The molecule has 0 aromatic heterocycles. The van der Waals surface area contributed by atoms with Gasteiger partial charge in [0.25, 0.3) is 0 Å². The molecule has 0 saturated carbocycles. The van der Waals surface area contributed by atoms with Crippen LogP contribution >= 0.6 is 0 Å². The molecular weight excluding hydrogens is 172 g/mol. The topological polar surface area (TPSA) is 69.6 Å². The molecule has 0 unspecified atom stereocenters. The molecular formula is C9H9O4-. The fourth-order valence-electron chi connectivity index (χ4n) is 1.01. The van der Waals surface area contributed by atoms with Crippen molar-refractivity contribution in [2.45, 2.75) is 6.92 Å². The van der Waals surface area contributed by atoms with Crippen LogP contribution in [0.5, 0.6) is 11.5 Å². The molecule has 0 amide bonds. The van der Waals surface area contributed by atoms with Gasteiger partial charge in [-0.2, -0.15) is 0 Å². The predicted molar refractivity (Wildman–Crippen MR) is 44.1 cm³/mol. The summed E-state index contributed by atoms with van der Waals surface area (Å²) in [5, 5.41) is 19.8. The summed E-state index contributed by atoms with van der Waals surface area (Å²) in [5.41, 5.74) is 0.415. The molecule has 4 nitrogen and oxygen atoms in total. The predicted octanol–water partition coefficient (Wildman–Crippen LogP) is 0.775. The minimum atomic E-state index is -1.10. The zero-order chi connectivity index (χ0) is 10.0. The van der Waals surface area contributed by atoms with Crippen molar-refractivity contribution in [2.24, 2.45) is 0 Å². The van der Waals surface area contributed by atoms with Crippen LogP contribution in [0, 0.1) is 6.92 Å².